The van der Waals surface area contributed by atoms with Crippen LogP contribution in [0.2, 0.25) is 0 Å². The van der Waals surface area contributed by atoms with Gasteiger partial charge in [0, 0.05) is 51.0 Å². The van der Waals surface area contributed by atoms with Gasteiger partial charge in [-0.3, -0.25) is 4.90 Å². The highest BCUT2D eigenvalue weighted by Gasteiger charge is 2.24. The smallest absolute Gasteiger partial charge is 0.223 e. The predicted octanol–water partition coefficient (Wildman–Crippen LogP) is 3.54. The minimum atomic E-state index is 0.650. The lowest BCUT2D eigenvalue weighted by Crippen LogP contribution is -2.43. The second kappa shape index (κ2) is 8.01. The Morgan fingerprint density at radius 2 is 1.97 bits per heavy atom. The highest BCUT2D eigenvalue weighted by molar-refractivity contribution is 9.10. The molecule has 3 heterocycles. The minimum Gasteiger partial charge on any atom is -0.437 e. The number of pyridine rings is 1. The zero-order chi connectivity index (χ0) is 19.8. The van der Waals surface area contributed by atoms with Crippen molar-refractivity contribution in [3.8, 4) is 11.6 Å². The summed E-state index contributed by atoms with van der Waals surface area (Å²) in [6.45, 7) is 6.09. The van der Waals surface area contributed by atoms with E-state index in [4.69, 9.17) is 4.74 Å². The van der Waals surface area contributed by atoms with Crippen LogP contribution in [0.4, 0.5) is 0 Å². The Balaban J connectivity index is 1.37. The molecule has 0 unspecified atom stereocenters. The van der Waals surface area contributed by atoms with Crippen molar-refractivity contribution in [2.45, 2.75) is 25.9 Å². The number of likely N-dealkylation sites (N-methyl/N-ethyl adjacent to an activating group) is 1. The van der Waals surface area contributed by atoms with Gasteiger partial charge >= 0.3 is 0 Å². The highest BCUT2D eigenvalue weighted by atomic mass is 79.9. The highest BCUT2D eigenvalue weighted by Crippen LogP contribution is 2.37. The second-order valence-electron chi connectivity index (χ2n) is 8.11. The number of ether oxygens (including phenoxy) is 1. The minimum absolute atomic E-state index is 0.650. The predicted molar refractivity (Wildman–Crippen MR) is 115 cm³/mol. The number of hydrogen-bond donors (Lipinski definition) is 0. The lowest BCUT2D eigenvalue weighted by Gasteiger charge is -2.32. The Bertz CT molecular complexity index is 1010. The fourth-order valence-corrected chi connectivity index (χ4v) is 4.23. The quantitative estimate of drug-likeness (QED) is 0.565. The summed E-state index contributed by atoms with van der Waals surface area (Å²) in [5.41, 5.74) is 2.97. The Labute approximate surface area is 178 Å². The van der Waals surface area contributed by atoms with Gasteiger partial charge in [0.25, 0.3) is 0 Å². The van der Waals surface area contributed by atoms with Crippen LogP contribution in [-0.2, 0) is 13.1 Å². The van der Waals surface area contributed by atoms with Crippen molar-refractivity contribution in [2.75, 3.05) is 33.2 Å². The molecule has 1 aliphatic carbocycles. The van der Waals surface area contributed by atoms with E-state index in [0.717, 1.165) is 66.3 Å². The molecule has 2 aromatic heterocycles. The van der Waals surface area contributed by atoms with Crippen molar-refractivity contribution in [1.29, 1.82) is 0 Å². The maximum Gasteiger partial charge on any atom is 0.223 e. The molecule has 3 aromatic rings. The lowest BCUT2D eigenvalue weighted by molar-refractivity contribution is 0.147. The van der Waals surface area contributed by atoms with Crippen molar-refractivity contribution < 1.29 is 4.74 Å². The van der Waals surface area contributed by atoms with Crippen LogP contribution in [0.3, 0.4) is 0 Å². The third-order valence-corrected chi connectivity index (χ3v) is 6.53. The standard InChI is InChI=1S/C21H25BrN6O/c1-26-9-11-27(12-10-26)14-16-3-2-8-23-21(16)29-18-7-6-17-20(19(18)22)24-25-28(17)13-15-4-5-15/h2-3,6-8,15H,4-5,9-14H2,1H3. The lowest BCUT2D eigenvalue weighted by atomic mass is 10.2. The zero-order valence-corrected chi connectivity index (χ0v) is 18.2. The average molecular weight is 457 g/mol. The molecule has 2 aliphatic rings. The summed E-state index contributed by atoms with van der Waals surface area (Å²) in [7, 11) is 2.17. The molecule has 1 aliphatic heterocycles. The number of rotatable bonds is 6. The Kier molecular flexibility index (Phi) is 5.24. The molecule has 1 aromatic carbocycles. The van der Waals surface area contributed by atoms with Gasteiger partial charge in [0.15, 0.2) is 0 Å². The van der Waals surface area contributed by atoms with Gasteiger partial charge in [-0.05, 0) is 59.9 Å². The van der Waals surface area contributed by atoms with Gasteiger partial charge in [0.05, 0.1) is 9.99 Å². The van der Waals surface area contributed by atoms with Gasteiger partial charge in [-0.2, -0.15) is 0 Å². The van der Waals surface area contributed by atoms with Crippen LogP contribution in [0.15, 0.2) is 34.9 Å². The summed E-state index contributed by atoms with van der Waals surface area (Å²) >= 11 is 3.68. The number of aromatic nitrogens is 4. The maximum absolute atomic E-state index is 6.24. The van der Waals surface area contributed by atoms with Gasteiger partial charge in [-0.1, -0.05) is 11.3 Å². The van der Waals surface area contributed by atoms with Gasteiger partial charge in [-0.25, -0.2) is 9.67 Å². The molecule has 152 valence electrons. The Morgan fingerprint density at radius 1 is 1.14 bits per heavy atom. The van der Waals surface area contributed by atoms with Gasteiger partial charge < -0.3 is 9.64 Å². The molecule has 0 atom stereocenters. The first-order chi connectivity index (χ1) is 14.2. The van der Waals surface area contributed by atoms with Crippen molar-refractivity contribution in [3.05, 3.63) is 40.5 Å². The van der Waals surface area contributed by atoms with Crippen molar-refractivity contribution >= 4 is 27.0 Å². The molecule has 0 amide bonds. The molecule has 29 heavy (non-hydrogen) atoms. The molecule has 0 N–H and O–H groups in total. The molecule has 8 heteroatoms. The van der Waals surface area contributed by atoms with Gasteiger partial charge in [0.1, 0.15) is 11.3 Å². The number of halogens is 1. The van der Waals surface area contributed by atoms with Crippen LogP contribution in [0.5, 0.6) is 11.6 Å². The third kappa shape index (κ3) is 4.15. The van der Waals surface area contributed by atoms with Crippen molar-refractivity contribution in [2.24, 2.45) is 5.92 Å². The fourth-order valence-electron chi connectivity index (χ4n) is 3.73. The summed E-state index contributed by atoms with van der Waals surface area (Å²) < 4.78 is 9.07. The first kappa shape index (κ1) is 19.0. The fraction of sp³-hybridized carbons (Fsp3) is 0.476. The van der Waals surface area contributed by atoms with Crippen LogP contribution in [0.1, 0.15) is 18.4 Å². The second-order valence-corrected chi connectivity index (χ2v) is 8.90. The van der Waals surface area contributed by atoms with E-state index in [9.17, 15) is 0 Å². The number of benzene rings is 1. The summed E-state index contributed by atoms with van der Waals surface area (Å²) in [6, 6.07) is 8.09. The van der Waals surface area contributed by atoms with Crippen LogP contribution in [-0.4, -0.2) is 63.0 Å². The number of fused-ring (bicyclic) bond motifs is 1. The molecule has 7 nitrogen and oxygen atoms in total. The topological polar surface area (TPSA) is 59.3 Å². The summed E-state index contributed by atoms with van der Waals surface area (Å²) in [4.78, 5) is 9.32. The average Bonchev–Trinajstić information content (AvgIpc) is 3.45. The third-order valence-electron chi connectivity index (χ3n) is 5.76. The molecule has 1 saturated heterocycles. The molecule has 2 fully saturated rings. The van der Waals surface area contributed by atoms with E-state index in [2.05, 4.69) is 54.1 Å². The van der Waals surface area contributed by atoms with E-state index < -0.39 is 0 Å². The van der Waals surface area contributed by atoms with E-state index in [1.54, 1.807) is 6.20 Å². The van der Waals surface area contributed by atoms with Gasteiger partial charge in [0.2, 0.25) is 5.88 Å². The molecule has 0 bridgehead atoms. The summed E-state index contributed by atoms with van der Waals surface area (Å²) in [6.07, 6.45) is 4.36. The van der Waals surface area contributed by atoms with E-state index in [-0.39, 0.29) is 0 Å². The first-order valence-corrected chi connectivity index (χ1v) is 11.0. The molecule has 5 rings (SSSR count). The van der Waals surface area contributed by atoms with E-state index in [1.807, 2.05) is 22.9 Å². The zero-order valence-electron chi connectivity index (χ0n) is 16.6. The summed E-state index contributed by atoms with van der Waals surface area (Å²) in [5.74, 6) is 2.12. The Morgan fingerprint density at radius 3 is 2.76 bits per heavy atom. The molecule has 0 spiro atoms. The van der Waals surface area contributed by atoms with E-state index >= 15 is 0 Å². The Hall–Kier alpha value is -2.03. The number of nitrogens with zero attached hydrogens (tertiary/aromatic N) is 6. The van der Waals surface area contributed by atoms with Crippen LogP contribution < -0.4 is 4.74 Å². The SMILES string of the molecule is CN1CCN(Cc2cccnc2Oc2ccc3c(nnn3CC3CC3)c2Br)CC1. The molecule has 1 saturated carbocycles. The normalized spacial score (nSPS) is 18.4. The largest absolute Gasteiger partial charge is 0.437 e. The van der Waals surface area contributed by atoms with Crippen LogP contribution in [0, 0.1) is 5.92 Å². The molecular formula is C21H25BrN6O. The first-order valence-electron chi connectivity index (χ1n) is 10.2. The maximum atomic E-state index is 6.24. The van der Waals surface area contributed by atoms with Gasteiger partial charge in [-0.15, -0.1) is 5.10 Å². The van der Waals surface area contributed by atoms with Crippen LogP contribution in [0.25, 0.3) is 11.0 Å². The number of piperazine rings is 1. The molecular weight excluding hydrogens is 432 g/mol. The number of hydrogen-bond acceptors (Lipinski definition) is 6. The van der Waals surface area contributed by atoms with E-state index in [1.165, 1.54) is 12.8 Å². The van der Waals surface area contributed by atoms with Crippen LogP contribution >= 0.6 is 15.9 Å². The molecule has 0 radical (unpaired) electrons. The van der Waals surface area contributed by atoms with E-state index in [0.29, 0.717) is 11.6 Å². The summed E-state index contributed by atoms with van der Waals surface area (Å²) in [5, 5.41) is 8.72. The van der Waals surface area contributed by atoms with Crippen molar-refractivity contribution in [3.63, 3.8) is 0 Å². The van der Waals surface area contributed by atoms with Crippen molar-refractivity contribution in [1.82, 2.24) is 29.8 Å². The monoisotopic (exact) mass is 456 g/mol.